The zero-order valence-electron chi connectivity index (χ0n) is 15.5. The molecule has 1 amide bonds. The third kappa shape index (κ3) is 5.64. The molecule has 0 fully saturated rings. The molecule has 6 heteroatoms. The molecule has 1 aliphatic heterocycles. The first-order chi connectivity index (χ1) is 13.2. The lowest BCUT2D eigenvalue weighted by molar-refractivity contribution is 0.0944. The minimum Gasteiger partial charge on any atom is -0.382 e. The van der Waals surface area contributed by atoms with E-state index in [1.165, 1.54) is 10.5 Å². The van der Waals surface area contributed by atoms with Gasteiger partial charge < -0.3 is 15.0 Å². The van der Waals surface area contributed by atoms with Gasteiger partial charge >= 0.3 is 0 Å². The molecule has 0 saturated carbocycles. The predicted octanol–water partition coefficient (Wildman–Crippen LogP) is 4.61. The second-order valence-electron chi connectivity index (χ2n) is 6.39. The van der Waals surface area contributed by atoms with E-state index in [0.29, 0.717) is 25.3 Å². The van der Waals surface area contributed by atoms with Crippen LogP contribution in [0.2, 0.25) is 5.02 Å². The molecular formula is C21H25ClN2O2S. The molecule has 0 bridgehead atoms. The zero-order valence-corrected chi connectivity index (χ0v) is 17.1. The van der Waals surface area contributed by atoms with E-state index in [4.69, 9.17) is 16.3 Å². The molecule has 2 aromatic carbocycles. The minimum absolute atomic E-state index is 0.0312. The SMILES string of the molecule is CCOCCCNC(=O)c1ccc2c(c1)N(Cc1ccc(Cl)cc1)CCS2. The Bertz CT molecular complexity index is 767. The van der Waals surface area contributed by atoms with Crippen molar-refractivity contribution in [3.8, 4) is 0 Å². The van der Waals surface area contributed by atoms with Crippen molar-refractivity contribution in [1.29, 1.82) is 0 Å². The van der Waals surface area contributed by atoms with Crippen LogP contribution in [-0.2, 0) is 11.3 Å². The third-order valence-corrected chi connectivity index (χ3v) is 5.72. The van der Waals surface area contributed by atoms with Crippen molar-refractivity contribution in [3.63, 3.8) is 0 Å². The van der Waals surface area contributed by atoms with E-state index in [2.05, 4.69) is 28.4 Å². The molecule has 0 unspecified atom stereocenters. The van der Waals surface area contributed by atoms with E-state index >= 15 is 0 Å². The second-order valence-corrected chi connectivity index (χ2v) is 7.96. The van der Waals surface area contributed by atoms with Crippen molar-refractivity contribution in [2.24, 2.45) is 0 Å². The first-order valence-corrected chi connectivity index (χ1v) is 10.7. The minimum atomic E-state index is -0.0312. The summed E-state index contributed by atoms with van der Waals surface area (Å²) in [5, 5.41) is 3.72. The number of carbonyl (C=O) groups excluding carboxylic acids is 1. The fraction of sp³-hybridized carbons (Fsp3) is 0.381. The van der Waals surface area contributed by atoms with Crippen LogP contribution >= 0.6 is 23.4 Å². The lowest BCUT2D eigenvalue weighted by Gasteiger charge is -2.31. The molecule has 1 aliphatic rings. The zero-order chi connectivity index (χ0) is 19.1. The summed E-state index contributed by atoms with van der Waals surface area (Å²) in [6, 6.07) is 13.9. The van der Waals surface area contributed by atoms with Gasteiger partial charge in [-0.2, -0.15) is 0 Å². The summed E-state index contributed by atoms with van der Waals surface area (Å²) in [7, 11) is 0. The van der Waals surface area contributed by atoms with Gasteiger partial charge in [-0.25, -0.2) is 0 Å². The number of hydrogen-bond donors (Lipinski definition) is 1. The molecule has 0 aromatic heterocycles. The summed E-state index contributed by atoms with van der Waals surface area (Å²) in [6.45, 7) is 5.74. The Morgan fingerprint density at radius 3 is 2.85 bits per heavy atom. The van der Waals surface area contributed by atoms with Gasteiger partial charge in [-0.1, -0.05) is 23.7 Å². The van der Waals surface area contributed by atoms with Crippen LogP contribution < -0.4 is 10.2 Å². The summed E-state index contributed by atoms with van der Waals surface area (Å²) >= 11 is 7.83. The van der Waals surface area contributed by atoms with Crippen LogP contribution in [0.3, 0.4) is 0 Å². The monoisotopic (exact) mass is 404 g/mol. The van der Waals surface area contributed by atoms with E-state index in [-0.39, 0.29) is 5.91 Å². The van der Waals surface area contributed by atoms with Crippen molar-refractivity contribution in [3.05, 3.63) is 58.6 Å². The summed E-state index contributed by atoms with van der Waals surface area (Å²) < 4.78 is 5.30. The number of rotatable bonds is 8. The second kappa shape index (κ2) is 10.0. The molecule has 0 radical (unpaired) electrons. The van der Waals surface area contributed by atoms with Gasteiger partial charge in [-0.3, -0.25) is 4.79 Å². The number of nitrogens with zero attached hydrogens (tertiary/aromatic N) is 1. The maximum atomic E-state index is 12.5. The average Bonchev–Trinajstić information content (AvgIpc) is 2.69. The Morgan fingerprint density at radius 2 is 2.07 bits per heavy atom. The highest BCUT2D eigenvalue weighted by atomic mass is 35.5. The van der Waals surface area contributed by atoms with Gasteiger partial charge in [0.1, 0.15) is 0 Å². The molecule has 0 spiro atoms. The Balaban J connectivity index is 1.67. The maximum Gasteiger partial charge on any atom is 0.251 e. The van der Waals surface area contributed by atoms with Crippen molar-refractivity contribution >= 4 is 35.0 Å². The number of hydrogen-bond acceptors (Lipinski definition) is 4. The quantitative estimate of drug-likeness (QED) is 0.652. The first-order valence-electron chi connectivity index (χ1n) is 9.29. The molecule has 144 valence electrons. The first kappa shape index (κ1) is 20.1. The normalized spacial score (nSPS) is 13.3. The van der Waals surface area contributed by atoms with Crippen molar-refractivity contribution in [2.45, 2.75) is 24.8 Å². The lowest BCUT2D eigenvalue weighted by Crippen LogP contribution is -2.30. The Kier molecular flexibility index (Phi) is 7.44. The summed E-state index contributed by atoms with van der Waals surface area (Å²) in [4.78, 5) is 16.0. The molecule has 1 N–H and O–H groups in total. The van der Waals surface area contributed by atoms with Gasteiger partial charge in [0, 0.05) is 54.1 Å². The van der Waals surface area contributed by atoms with Crippen LogP contribution in [0, 0.1) is 0 Å². The van der Waals surface area contributed by atoms with Gasteiger partial charge in [-0.15, -0.1) is 11.8 Å². The molecule has 27 heavy (non-hydrogen) atoms. The predicted molar refractivity (Wildman–Crippen MR) is 113 cm³/mol. The standard InChI is InChI=1S/C21H25ClN2O2S/c1-2-26-12-3-10-23-21(25)17-6-9-20-19(14-17)24(11-13-27-20)15-16-4-7-18(22)8-5-16/h4-9,14H,2-3,10-13,15H2,1H3,(H,23,25). The van der Waals surface area contributed by atoms with Crippen LogP contribution in [0.1, 0.15) is 29.3 Å². The van der Waals surface area contributed by atoms with Gasteiger partial charge in [-0.05, 0) is 49.2 Å². The van der Waals surface area contributed by atoms with Crippen LogP contribution in [0.4, 0.5) is 5.69 Å². The largest absolute Gasteiger partial charge is 0.382 e. The Labute approximate surface area is 170 Å². The van der Waals surface area contributed by atoms with E-state index in [0.717, 1.165) is 36.0 Å². The van der Waals surface area contributed by atoms with Crippen LogP contribution in [-0.4, -0.2) is 38.0 Å². The van der Waals surface area contributed by atoms with Gasteiger partial charge in [0.2, 0.25) is 0 Å². The number of ether oxygens (including phenoxy) is 1. The van der Waals surface area contributed by atoms with Gasteiger partial charge in [0.05, 0.1) is 5.69 Å². The number of carbonyl (C=O) groups is 1. The number of fused-ring (bicyclic) bond motifs is 1. The number of amides is 1. The number of benzene rings is 2. The average molecular weight is 405 g/mol. The van der Waals surface area contributed by atoms with E-state index in [9.17, 15) is 4.79 Å². The summed E-state index contributed by atoms with van der Waals surface area (Å²) in [5.74, 6) is 1.01. The molecule has 0 atom stereocenters. The van der Waals surface area contributed by atoms with Crippen molar-refractivity contribution in [2.75, 3.05) is 37.0 Å². The number of anilines is 1. The smallest absolute Gasteiger partial charge is 0.251 e. The maximum absolute atomic E-state index is 12.5. The number of halogens is 1. The van der Waals surface area contributed by atoms with Crippen LogP contribution in [0.5, 0.6) is 0 Å². The fourth-order valence-electron chi connectivity index (χ4n) is 3.01. The fourth-order valence-corrected chi connectivity index (χ4v) is 4.17. The summed E-state index contributed by atoms with van der Waals surface area (Å²) in [5.41, 5.74) is 3.04. The molecule has 3 rings (SSSR count). The third-order valence-electron chi connectivity index (χ3n) is 4.42. The topological polar surface area (TPSA) is 41.6 Å². The highest BCUT2D eigenvalue weighted by Crippen LogP contribution is 2.36. The molecular weight excluding hydrogens is 380 g/mol. The van der Waals surface area contributed by atoms with E-state index in [1.54, 1.807) is 0 Å². The highest BCUT2D eigenvalue weighted by Gasteiger charge is 2.19. The molecule has 4 nitrogen and oxygen atoms in total. The van der Waals surface area contributed by atoms with E-state index < -0.39 is 0 Å². The van der Waals surface area contributed by atoms with Gasteiger partial charge in [0.25, 0.3) is 5.91 Å². The van der Waals surface area contributed by atoms with Crippen LogP contribution in [0.15, 0.2) is 47.4 Å². The summed E-state index contributed by atoms with van der Waals surface area (Å²) in [6.07, 6.45) is 0.822. The molecule has 0 saturated heterocycles. The van der Waals surface area contributed by atoms with Crippen molar-refractivity contribution < 1.29 is 9.53 Å². The van der Waals surface area contributed by atoms with E-state index in [1.807, 2.05) is 43.0 Å². The number of nitrogens with one attached hydrogen (secondary N) is 1. The number of thioether (sulfide) groups is 1. The molecule has 0 aliphatic carbocycles. The van der Waals surface area contributed by atoms with Gasteiger partial charge in [0.15, 0.2) is 0 Å². The highest BCUT2D eigenvalue weighted by molar-refractivity contribution is 7.99. The molecule has 2 aromatic rings. The Morgan fingerprint density at radius 1 is 1.26 bits per heavy atom. The van der Waals surface area contributed by atoms with Crippen LogP contribution in [0.25, 0.3) is 0 Å². The Hall–Kier alpha value is -1.69. The van der Waals surface area contributed by atoms with Crippen molar-refractivity contribution in [1.82, 2.24) is 5.32 Å². The molecule has 1 heterocycles. The lowest BCUT2D eigenvalue weighted by atomic mass is 10.1.